The highest BCUT2D eigenvalue weighted by Crippen LogP contribution is 2.41. The largest absolute Gasteiger partial charge is 0.363 e. The van der Waals surface area contributed by atoms with Crippen LogP contribution in [-0.4, -0.2) is 9.13 Å². The van der Waals surface area contributed by atoms with Crippen molar-refractivity contribution in [3.63, 3.8) is 0 Å². The van der Waals surface area contributed by atoms with Crippen molar-refractivity contribution in [2.75, 3.05) is 4.90 Å². The summed E-state index contributed by atoms with van der Waals surface area (Å²) >= 11 is 0. The van der Waals surface area contributed by atoms with Crippen LogP contribution in [0.2, 0.25) is 0 Å². The van der Waals surface area contributed by atoms with Gasteiger partial charge in [0.1, 0.15) is 0 Å². The average molecular weight is 652 g/mol. The maximum absolute atomic E-state index is 7.67. The van der Waals surface area contributed by atoms with E-state index in [1.807, 2.05) is 36.4 Å². The summed E-state index contributed by atoms with van der Waals surface area (Å²) in [6, 6.07) is 53.5. The lowest BCUT2D eigenvalue weighted by Gasteiger charge is -2.24. The molecule has 0 spiro atoms. The van der Waals surface area contributed by atoms with E-state index in [0.717, 1.165) is 46.3 Å². The third-order valence-electron chi connectivity index (χ3n) is 10.4. The van der Waals surface area contributed by atoms with E-state index in [4.69, 9.17) is 13.1 Å². The monoisotopic (exact) mass is 651 g/mol. The van der Waals surface area contributed by atoms with Gasteiger partial charge in [-0.2, -0.15) is 0 Å². The fourth-order valence-electron chi connectivity index (χ4n) is 8.09. The average Bonchev–Trinajstić information content (AvgIpc) is 3.64. The fourth-order valence-corrected chi connectivity index (χ4v) is 8.09. The first kappa shape index (κ1) is 28.9. The predicted molar refractivity (Wildman–Crippen MR) is 209 cm³/mol. The van der Waals surface area contributed by atoms with Gasteiger partial charge in [-0.05, 0) is 106 Å². The van der Waals surface area contributed by atoms with Gasteiger partial charge in [0.25, 0.3) is 0 Å². The minimum absolute atomic E-state index is 0.587. The van der Waals surface area contributed by atoms with Gasteiger partial charge in [0, 0.05) is 40.9 Å². The Bertz CT molecular complexity index is 2830. The zero-order chi connectivity index (χ0) is 34.1. The second-order valence-electron chi connectivity index (χ2n) is 13.2. The third kappa shape index (κ3) is 4.46. The lowest BCUT2D eigenvalue weighted by atomic mass is 9.95. The molecule has 0 saturated carbocycles. The van der Waals surface area contributed by atoms with Gasteiger partial charge >= 0.3 is 0 Å². The van der Waals surface area contributed by atoms with Crippen molar-refractivity contribution in [1.29, 1.82) is 0 Å². The molecule has 1 aliphatic rings. The quantitative estimate of drug-likeness (QED) is 0.174. The second-order valence-corrected chi connectivity index (χ2v) is 13.2. The van der Waals surface area contributed by atoms with Gasteiger partial charge in [-0.15, -0.1) is 0 Å². The van der Waals surface area contributed by atoms with Crippen LogP contribution in [0.25, 0.3) is 75.8 Å². The summed E-state index contributed by atoms with van der Waals surface area (Å²) in [5, 5.41) is 4.44. The number of aromatic nitrogens is 2. The number of hydrogen-bond donors (Lipinski definition) is 0. The molecular formula is C46H29N5. The van der Waals surface area contributed by atoms with Crippen LogP contribution in [0.5, 0.6) is 0 Å². The molecule has 0 bridgehead atoms. The fraction of sp³-hybridized carbons (Fsp3) is 0.0435. The Hall–Kier alpha value is -7.08. The summed E-state index contributed by atoms with van der Waals surface area (Å²) in [4.78, 5) is 9.90. The third-order valence-corrected chi connectivity index (χ3v) is 10.4. The molecule has 0 amide bonds. The molecule has 51 heavy (non-hydrogen) atoms. The molecular weight excluding hydrogens is 623 g/mol. The van der Waals surface area contributed by atoms with E-state index in [-0.39, 0.29) is 0 Å². The zero-order valence-electron chi connectivity index (χ0n) is 27.6. The van der Waals surface area contributed by atoms with Gasteiger partial charge in [-0.3, -0.25) is 0 Å². The summed E-state index contributed by atoms with van der Waals surface area (Å²) < 4.78 is 4.67. The molecule has 0 radical (unpaired) electrons. The first-order valence-corrected chi connectivity index (χ1v) is 17.1. The number of fused-ring (bicyclic) bond motifs is 9. The SMILES string of the molecule is [C-]#[N+]c1ccc2c(c1)c1cc([N+]#[C-])ccc1n2-c1ccc2c(c1)-c1cc(-n3c4ccccc4c4ccccc43)ccc1CN(c1ccccc1)C2. The van der Waals surface area contributed by atoms with E-state index < -0.39 is 0 Å². The van der Waals surface area contributed by atoms with Crippen molar-refractivity contribution in [2.45, 2.75) is 13.1 Å². The summed E-state index contributed by atoms with van der Waals surface area (Å²) in [6.45, 7) is 16.9. The number of para-hydroxylation sites is 3. The molecule has 0 atom stereocenters. The first-order chi connectivity index (χ1) is 25.2. The molecule has 3 heterocycles. The van der Waals surface area contributed by atoms with E-state index in [0.29, 0.717) is 11.4 Å². The Morgan fingerprint density at radius 1 is 0.392 bits per heavy atom. The molecule has 0 N–H and O–H groups in total. The molecule has 5 heteroatoms. The smallest absolute Gasteiger partial charge is 0.188 e. The standard InChI is InChI=1S/C46H29N5/c1-47-32-18-22-45-41(24-32)42-25-33(48-2)19-23-46(42)51(45)36-21-17-31-29-49(34-10-4-3-5-11-34)28-30-16-20-35(26-39(30)40(31)27-36)50-43-14-8-6-12-37(43)38-13-7-9-15-44(38)50/h3-27H,28-29H2. The van der Waals surface area contributed by atoms with Crippen molar-refractivity contribution in [3.05, 3.63) is 186 Å². The van der Waals surface area contributed by atoms with Gasteiger partial charge in [0.05, 0.1) is 35.2 Å². The van der Waals surface area contributed by atoms with Crippen molar-refractivity contribution in [3.8, 4) is 22.5 Å². The highest BCUT2D eigenvalue weighted by atomic mass is 15.1. The molecule has 0 fully saturated rings. The van der Waals surface area contributed by atoms with E-state index in [2.05, 4.69) is 139 Å². The summed E-state index contributed by atoms with van der Waals surface area (Å²) in [5.41, 5.74) is 13.9. The topological polar surface area (TPSA) is 21.8 Å². The summed E-state index contributed by atoms with van der Waals surface area (Å²) in [7, 11) is 0. The van der Waals surface area contributed by atoms with Crippen molar-refractivity contribution in [1.82, 2.24) is 9.13 Å². The number of rotatable bonds is 3. The lowest BCUT2D eigenvalue weighted by Crippen LogP contribution is -2.20. The predicted octanol–water partition coefficient (Wildman–Crippen LogP) is 12.2. The van der Waals surface area contributed by atoms with Gasteiger partial charge in [0.15, 0.2) is 11.4 Å². The Labute approximate surface area is 295 Å². The number of hydrogen-bond acceptors (Lipinski definition) is 1. The van der Waals surface area contributed by atoms with Crippen LogP contribution in [-0.2, 0) is 13.1 Å². The van der Waals surface area contributed by atoms with Crippen LogP contribution in [0.3, 0.4) is 0 Å². The minimum Gasteiger partial charge on any atom is -0.363 e. The Balaban J connectivity index is 1.23. The van der Waals surface area contributed by atoms with Gasteiger partial charge < -0.3 is 14.0 Å². The van der Waals surface area contributed by atoms with Crippen LogP contribution in [0.4, 0.5) is 17.1 Å². The first-order valence-electron chi connectivity index (χ1n) is 17.1. The molecule has 238 valence electrons. The molecule has 0 saturated heterocycles. The van der Waals surface area contributed by atoms with E-state index >= 15 is 0 Å². The normalized spacial score (nSPS) is 12.5. The minimum atomic E-state index is 0.587. The van der Waals surface area contributed by atoms with Gasteiger partial charge in [0.2, 0.25) is 0 Å². The van der Waals surface area contributed by atoms with Crippen molar-refractivity contribution < 1.29 is 0 Å². The highest BCUT2D eigenvalue weighted by molar-refractivity contribution is 6.12. The van der Waals surface area contributed by atoms with Crippen LogP contribution in [0.15, 0.2) is 152 Å². The van der Waals surface area contributed by atoms with Crippen LogP contribution >= 0.6 is 0 Å². The molecule has 0 unspecified atom stereocenters. The Kier molecular flexibility index (Phi) is 6.37. The van der Waals surface area contributed by atoms with Crippen molar-refractivity contribution >= 4 is 60.7 Å². The molecule has 2 aromatic heterocycles. The molecule has 9 aromatic rings. The van der Waals surface area contributed by atoms with E-state index in [1.165, 1.54) is 49.7 Å². The molecule has 7 aromatic carbocycles. The van der Waals surface area contributed by atoms with Gasteiger partial charge in [-0.1, -0.05) is 78.9 Å². The maximum Gasteiger partial charge on any atom is 0.188 e. The molecule has 1 aliphatic heterocycles. The molecule has 5 nitrogen and oxygen atoms in total. The molecule has 10 rings (SSSR count). The summed E-state index contributed by atoms with van der Waals surface area (Å²) in [6.07, 6.45) is 0. The number of anilines is 1. The number of nitrogens with zero attached hydrogens (tertiary/aromatic N) is 5. The Morgan fingerprint density at radius 2 is 0.843 bits per heavy atom. The zero-order valence-corrected chi connectivity index (χ0v) is 27.6. The van der Waals surface area contributed by atoms with Gasteiger partial charge in [-0.25, -0.2) is 9.69 Å². The Morgan fingerprint density at radius 3 is 1.33 bits per heavy atom. The lowest BCUT2D eigenvalue weighted by molar-refractivity contribution is 0.812. The number of benzene rings is 7. The van der Waals surface area contributed by atoms with Crippen LogP contribution in [0, 0.1) is 13.1 Å². The van der Waals surface area contributed by atoms with E-state index in [9.17, 15) is 0 Å². The van der Waals surface area contributed by atoms with Crippen molar-refractivity contribution in [2.24, 2.45) is 0 Å². The van der Waals surface area contributed by atoms with Crippen LogP contribution < -0.4 is 4.90 Å². The molecule has 0 aliphatic carbocycles. The highest BCUT2D eigenvalue weighted by Gasteiger charge is 2.23. The maximum atomic E-state index is 7.67. The second kappa shape index (κ2) is 11.2. The van der Waals surface area contributed by atoms with E-state index in [1.54, 1.807) is 0 Å². The van der Waals surface area contributed by atoms with Crippen LogP contribution in [0.1, 0.15) is 11.1 Å². The summed E-state index contributed by atoms with van der Waals surface area (Å²) in [5.74, 6) is 0.